The van der Waals surface area contributed by atoms with E-state index in [2.05, 4.69) is 27.8 Å². The van der Waals surface area contributed by atoms with Crippen LogP contribution in [0.4, 0.5) is 0 Å². The van der Waals surface area contributed by atoms with Crippen LogP contribution in [0.1, 0.15) is 47.7 Å². The highest BCUT2D eigenvalue weighted by atomic mass is 79.9. The second kappa shape index (κ2) is 5.73. The van der Waals surface area contributed by atoms with E-state index in [0.29, 0.717) is 12.6 Å². The fraction of sp³-hybridized carbons (Fsp3) is 0.588. The van der Waals surface area contributed by atoms with Crippen LogP contribution < -0.4 is 4.74 Å². The van der Waals surface area contributed by atoms with Crippen molar-refractivity contribution in [2.24, 2.45) is 0 Å². The Balaban J connectivity index is 1.95. The number of ketones is 1. The fourth-order valence-electron chi connectivity index (χ4n) is 3.47. The number of rotatable bonds is 1. The number of carbonyl (C=O) groups excluding carboxylic acids is 1. The lowest BCUT2D eigenvalue weighted by Crippen LogP contribution is -2.53. The molecule has 0 bridgehead atoms. The van der Waals surface area contributed by atoms with Crippen molar-refractivity contribution in [1.82, 2.24) is 4.90 Å². The molecule has 0 spiro atoms. The van der Waals surface area contributed by atoms with E-state index in [9.17, 15) is 4.79 Å². The van der Waals surface area contributed by atoms with Gasteiger partial charge in [0.1, 0.15) is 18.4 Å². The van der Waals surface area contributed by atoms with Crippen molar-refractivity contribution >= 4 is 21.7 Å². The Morgan fingerprint density at radius 1 is 1.29 bits per heavy atom. The molecular formula is C17H22BrNO2. The van der Waals surface area contributed by atoms with E-state index in [-0.39, 0.29) is 11.8 Å². The van der Waals surface area contributed by atoms with Gasteiger partial charge in [-0.05, 0) is 57.4 Å². The molecule has 0 N–H and O–H groups in total. The molecule has 114 valence electrons. The van der Waals surface area contributed by atoms with Gasteiger partial charge in [0, 0.05) is 10.5 Å². The van der Waals surface area contributed by atoms with Gasteiger partial charge in [0.15, 0.2) is 5.78 Å². The first-order chi connectivity index (χ1) is 10.0. The topological polar surface area (TPSA) is 29.5 Å². The molecule has 4 heteroatoms. The Hall–Kier alpha value is -0.870. The van der Waals surface area contributed by atoms with Crippen molar-refractivity contribution in [3.05, 3.63) is 27.2 Å². The summed E-state index contributed by atoms with van der Waals surface area (Å²) < 4.78 is 6.98. The van der Waals surface area contributed by atoms with Crippen molar-refractivity contribution in [3.8, 4) is 5.75 Å². The smallest absolute Gasteiger partial charge is 0.187 e. The Bertz CT molecular complexity index is 585. The highest BCUT2D eigenvalue weighted by molar-refractivity contribution is 9.10. The predicted molar refractivity (Wildman–Crippen MR) is 87.2 cm³/mol. The molecule has 0 aliphatic carbocycles. The number of Topliss-reactive ketones (excluding diaryl/α,β-unsaturated/α-hetero) is 1. The lowest BCUT2D eigenvalue weighted by Gasteiger charge is -2.40. The van der Waals surface area contributed by atoms with E-state index < -0.39 is 0 Å². The maximum atomic E-state index is 12.9. The number of hydrogen-bond donors (Lipinski definition) is 0. The Morgan fingerprint density at radius 2 is 2.05 bits per heavy atom. The lowest BCUT2D eigenvalue weighted by atomic mass is 9.92. The molecule has 2 heterocycles. The zero-order chi connectivity index (χ0) is 15.1. The third-order valence-corrected chi connectivity index (χ3v) is 5.81. The van der Waals surface area contributed by atoms with Gasteiger partial charge in [-0.15, -0.1) is 0 Å². The van der Waals surface area contributed by atoms with Gasteiger partial charge in [0.05, 0.1) is 5.56 Å². The number of fused-ring (bicyclic) bond motifs is 1. The lowest BCUT2D eigenvalue weighted by molar-refractivity contribution is 0.0468. The molecule has 2 aliphatic rings. The fourth-order valence-corrected chi connectivity index (χ4v) is 3.99. The summed E-state index contributed by atoms with van der Waals surface area (Å²) in [6.45, 7) is 7.78. The molecule has 0 saturated carbocycles. The molecule has 1 saturated heterocycles. The van der Waals surface area contributed by atoms with Gasteiger partial charge in [0.25, 0.3) is 0 Å². The first-order valence-corrected chi connectivity index (χ1v) is 8.52. The number of likely N-dealkylation sites (tertiary alicyclic amines) is 1. The molecule has 1 aromatic rings. The van der Waals surface area contributed by atoms with E-state index in [1.807, 2.05) is 19.9 Å². The van der Waals surface area contributed by atoms with E-state index in [4.69, 9.17) is 4.74 Å². The third kappa shape index (κ3) is 2.53. The summed E-state index contributed by atoms with van der Waals surface area (Å²) in [6.07, 6.45) is 3.62. The van der Waals surface area contributed by atoms with E-state index in [1.165, 1.54) is 19.3 Å². The largest absolute Gasteiger partial charge is 0.490 e. The number of benzene rings is 1. The van der Waals surface area contributed by atoms with Crippen LogP contribution in [-0.2, 0) is 0 Å². The standard InChI is InChI=1S/C17H22BrNO2/c1-10-6-4-5-7-19(10)15-9-21-17-12(3)11(2)14(18)8-13(17)16(15)20/h8,10,15H,4-7,9H2,1-3H3/t10-,15-/m1/s1. The maximum Gasteiger partial charge on any atom is 0.187 e. The molecule has 3 nitrogen and oxygen atoms in total. The predicted octanol–water partition coefficient (Wildman–Crippen LogP) is 3.88. The molecular weight excluding hydrogens is 330 g/mol. The van der Waals surface area contributed by atoms with Gasteiger partial charge in [-0.25, -0.2) is 0 Å². The minimum absolute atomic E-state index is 0.123. The van der Waals surface area contributed by atoms with Gasteiger partial charge in [-0.2, -0.15) is 0 Å². The quantitative estimate of drug-likeness (QED) is 0.768. The number of nitrogens with zero attached hydrogens (tertiary/aromatic N) is 1. The molecule has 0 aromatic heterocycles. The Labute approximate surface area is 134 Å². The van der Waals surface area contributed by atoms with Crippen LogP contribution in [0, 0.1) is 13.8 Å². The molecule has 21 heavy (non-hydrogen) atoms. The van der Waals surface area contributed by atoms with Gasteiger partial charge in [-0.1, -0.05) is 22.4 Å². The molecule has 0 unspecified atom stereocenters. The molecule has 1 aromatic carbocycles. The van der Waals surface area contributed by atoms with Gasteiger partial charge < -0.3 is 4.74 Å². The van der Waals surface area contributed by atoms with E-state index in [0.717, 1.165) is 33.5 Å². The van der Waals surface area contributed by atoms with Crippen molar-refractivity contribution < 1.29 is 9.53 Å². The highest BCUT2D eigenvalue weighted by Gasteiger charge is 2.37. The van der Waals surface area contributed by atoms with Crippen LogP contribution >= 0.6 is 15.9 Å². The summed E-state index contributed by atoms with van der Waals surface area (Å²) in [4.78, 5) is 15.3. The van der Waals surface area contributed by atoms with Crippen LogP contribution in [-0.4, -0.2) is 35.9 Å². The van der Waals surface area contributed by atoms with Crippen LogP contribution in [0.25, 0.3) is 0 Å². The summed E-state index contributed by atoms with van der Waals surface area (Å²) in [5.74, 6) is 0.996. The van der Waals surface area contributed by atoms with Crippen molar-refractivity contribution in [1.29, 1.82) is 0 Å². The molecule has 2 atom stereocenters. The zero-order valence-electron chi connectivity index (χ0n) is 12.9. The minimum Gasteiger partial charge on any atom is -0.490 e. The summed E-state index contributed by atoms with van der Waals surface area (Å²) in [5.41, 5.74) is 2.95. The molecule has 3 rings (SSSR count). The third-order valence-electron chi connectivity index (χ3n) is 4.99. The van der Waals surface area contributed by atoms with E-state index >= 15 is 0 Å². The number of ether oxygens (including phenoxy) is 1. The average molecular weight is 352 g/mol. The first kappa shape index (κ1) is 15.0. The number of hydrogen-bond acceptors (Lipinski definition) is 3. The molecule has 2 aliphatic heterocycles. The summed E-state index contributed by atoms with van der Waals surface area (Å²) in [5, 5.41) is 0. The van der Waals surface area contributed by atoms with E-state index in [1.54, 1.807) is 0 Å². The molecule has 0 amide bonds. The maximum absolute atomic E-state index is 12.9. The summed E-state index contributed by atoms with van der Waals surface area (Å²) in [6, 6.07) is 2.27. The van der Waals surface area contributed by atoms with Gasteiger partial charge in [-0.3, -0.25) is 9.69 Å². The van der Waals surface area contributed by atoms with Gasteiger partial charge >= 0.3 is 0 Å². The normalized spacial score (nSPS) is 26.4. The van der Waals surface area contributed by atoms with Crippen molar-refractivity contribution in [3.63, 3.8) is 0 Å². The first-order valence-electron chi connectivity index (χ1n) is 7.73. The molecule has 0 radical (unpaired) electrons. The number of halogens is 1. The van der Waals surface area contributed by atoms with Crippen LogP contribution in [0.3, 0.4) is 0 Å². The average Bonchev–Trinajstić information content (AvgIpc) is 2.47. The van der Waals surface area contributed by atoms with Crippen LogP contribution in [0.5, 0.6) is 5.75 Å². The van der Waals surface area contributed by atoms with Gasteiger partial charge in [0.2, 0.25) is 0 Å². The Kier molecular flexibility index (Phi) is 4.10. The van der Waals surface area contributed by atoms with Crippen LogP contribution in [0.15, 0.2) is 10.5 Å². The minimum atomic E-state index is -0.123. The SMILES string of the molecule is Cc1c(Br)cc2c(c1C)OC[C@@H](N1CCCC[C@H]1C)C2=O. The van der Waals surface area contributed by atoms with Crippen molar-refractivity contribution in [2.75, 3.05) is 13.2 Å². The Morgan fingerprint density at radius 3 is 2.76 bits per heavy atom. The number of piperidine rings is 1. The second-order valence-electron chi connectivity index (χ2n) is 6.26. The monoisotopic (exact) mass is 351 g/mol. The second-order valence-corrected chi connectivity index (χ2v) is 7.11. The summed E-state index contributed by atoms with van der Waals surface area (Å²) >= 11 is 3.56. The zero-order valence-corrected chi connectivity index (χ0v) is 14.5. The summed E-state index contributed by atoms with van der Waals surface area (Å²) in [7, 11) is 0. The van der Waals surface area contributed by atoms with Crippen LogP contribution in [0.2, 0.25) is 0 Å². The highest BCUT2D eigenvalue weighted by Crippen LogP contribution is 2.36. The molecule has 1 fully saturated rings. The van der Waals surface area contributed by atoms with Crippen molar-refractivity contribution in [2.45, 2.75) is 52.1 Å². The number of carbonyl (C=O) groups is 1.